The molecule has 0 fully saturated rings. The lowest BCUT2D eigenvalue weighted by Crippen LogP contribution is -2.54. The maximum Gasteiger partial charge on any atom is 0.384 e. The number of rotatable bonds is 1. The van der Waals surface area contributed by atoms with Crippen LogP contribution in [0.4, 0.5) is 5.69 Å². The van der Waals surface area contributed by atoms with E-state index in [2.05, 4.69) is 10.5 Å². The van der Waals surface area contributed by atoms with Crippen LogP contribution in [0.15, 0.2) is 35.4 Å². The van der Waals surface area contributed by atoms with E-state index in [1.807, 2.05) is 30.3 Å². The number of carbonyl (C=O) groups is 1. The molecular formula is C12H15N4O+. The standard InChI is InChI=1S/C12H14N4O/c1-16(2,13)12(17)11-8-7-9-5-3-4-6-10(9)14-15-11/h3-8H,13H2,1-2H3/p+1. The molecule has 0 unspecified atom stereocenters. The first-order valence-corrected chi connectivity index (χ1v) is 5.27. The second-order valence-electron chi connectivity index (χ2n) is 4.37. The molecule has 5 nitrogen and oxygen atoms in total. The Morgan fingerprint density at radius 3 is 2.71 bits per heavy atom. The number of nitrogens with two attached hydrogens (primary N) is 1. The zero-order chi connectivity index (χ0) is 12.5. The van der Waals surface area contributed by atoms with E-state index < -0.39 is 0 Å². The summed E-state index contributed by atoms with van der Waals surface area (Å²) < 4.78 is -0.277. The number of para-hydroxylation sites is 1. The van der Waals surface area contributed by atoms with Gasteiger partial charge in [-0.2, -0.15) is 15.5 Å². The molecule has 0 aromatic heterocycles. The first-order valence-electron chi connectivity index (χ1n) is 5.27. The van der Waals surface area contributed by atoms with Crippen molar-refractivity contribution in [3.63, 3.8) is 0 Å². The van der Waals surface area contributed by atoms with E-state index in [1.165, 1.54) is 0 Å². The molecule has 1 aliphatic heterocycles. The van der Waals surface area contributed by atoms with Crippen molar-refractivity contribution in [1.29, 1.82) is 0 Å². The minimum absolute atomic E-state index is 0.249. The van der Waals surface area contributed by atoms with Crippen LogP contribution in [-0.4, -0.2) is 30.3 Å². The van der Waals surface area contributed by atoms with E-state index in [9.17, 15) is 4.79 Å². The number of hydrazone groups is 1. The lowest BCUT2D eigenvalue weighted by molar-refractivity contribution is -0.821. The van der Waals surface area contributed by atoms with Crippen molar-refractivity contribution in [3.8, 4) is 0 Å². The van der Waals surface area contributed by atoms with Gasteiger partial charge in [-0.25, -0.2) is 4.79 Å². The minimum Gasteiger partial charge on any atom is -0.277 e. The van der Waals surface area contributed by atoms with Gasteiger partial charge < -0.3 is 0 Å². The first-order chi connectivity index (χ1) is 7.98. The fraction of sp³-hybridized carbons (Fsp3) is 0.167. The summed E-state index contributed by atoms with van der Waals surface area (Å²) in [6.45, 7) is 0. The van der Waals surface area contributed by atoms with Crippen LogP contribution < -0.4 is 11.3 Å². The number of anilines is 1. The number of quaternary nitrogens is 1. The third-order valence-corrected chi connectivity index (χ3v) is 2.42. The zero-order valence-corrected chi connectivity index (χ0v) is 9.84. The van der Waals surface area contributed by atoms with Crippen molar-refractivity contribution < 1.29 is 9.39 Å². The molecule has 1 aliphatic rings. The molecule has 0 radical (unpaired) electrons. The highest BCUT2D eigenvalue weighted by Crippen LogP contribution is 2.19. The Morgan fingerprint density at radius 1 is 1.29 bits per heavy atom. The highest BCUT2D eigenvalue weighted by molar-refractivity contribution is 6.41. The Bertz CT molecular complexity index is 511. The normalized spacial score (nSPS) is 14.4. The molecule has 1 amide bonds. The van der Waals surface area contributed by atoms with Crippen LogP contribution in [0.5, 0.6) is 0 Å². The summed E-state index contributed by atoms with van der Waals surface area (Å²) in [5.74, 6) is 5.46. The third kappa shape index (κ3) is 2.41. The summed E-state index contributed by atoms with van der Waals surface area (Å²) in [4.78, 5) is 11.9. The van der Waals surface area contributed by atoms with Crippen LogP contribution in [-0.2, 0) is 4.79 Å². The Kier molecular flexibility index (Phi) is 2.79. The van der Waals surface area contributed by atoms with Gasteiger partial charge in [0.2, 0.25) is 0 Å². The van der Waals surface area contributed by atoms with E-state index in [-0.39, 0.29) is 10.5 Å². The molecule has 0 spiro atoms. The van der Waals surface area contributed by atoms with E-state index in [0.29, 0.717) is 5.71 Å². The second kappa shape index (κ2) is 4.12. The maximum absolute atomic E-state index is 11.9. The fourth-order valence-corrected chi connectivity index (χ4v) is 1.48. The largest absolute Gasteiger partial charge is 0.384 e. The number of fused-ring (bicyclic) bond motifs is 1. The van der Waals surface area contributed by atoms with Gasteiger partial charge in [0.15, 0.2) is 5.71 Å². The molecule has 0 bridgehead atoms. The van der Waals surface area contributed by atoms with E-state index in [1.54, 1.807) is 20.2 Å². The Hall–Kier alpha value is -1.98. The quantitative estimate of drug-likeness (QED) is 0.327. The SMILES string of the molecule is C[N+](C)(N)C(=O)C1=NNc2ccccc2C=C1. The van der Waals surface area contributed by atoms with Gasteiger partial charge in [0.25, 0.3) is 0 Å². The molecule has 1 aromatic carbocycles. The molecule has 5 heteroatoms. The molecule has 0 atom stereocenters. The van der Waals surface area contributed by atoms with E-state index in [4.69, 9.17) is 5.84 Å². The number of nitrogens with zero attached hydrogens (tertiary/aromatic N) is 2. The van der Waals surface area contributed by atoms with Gasteiger partial charge >= 0.3 is 5.91 Å². The van der Waals surface area contributed by atoms with Crippen molar-refractivity contribution >= 4 is 23.4 Å². The molecule has 0 aliphatic carbocycles. The molecule has 17 heavy (non-hydrogen) atoms. The number of amides is 1. The van der Waals surface area contributed by atoms with Crippen molar-refractivity contribution in [1.82, 2.24) is 0 Å². The van der Waals surface area contributed by atoms with Gasteiger partial charge in [-0.15, -0.1) is 0 Å². The van der Waals surface area contributed by atoms with Crippen LogP contribution in [0.3, 0.4) is 0 Å². The fourth-order valence-electron chi connectivity index (χ4n) is 1.48. The number of nitrogens with one attached hydrogen (secondary N) is 1. The Balaban J connectivity index is 2.32. The predicted octanol–water partition coefficient (Wildman–Crippen LogP) is 0.958. The van der Waals surface area contributed by atoms with Crippen molar-refractivity contribution in [2.45, 2.75) is 0 Å². The number of hydrogen-bond donors (Lipinski definition) is 2. The highest BCUT2D eigenvalue weighted by Gasteiger charge is 2.27. The van der Waals surface area contributed by atoms with Gasteiger partial charge in [-0.1, -0.05) is 24.3 Å². The lowest BCUT2D eigenvalue weighted by atomic mass is 10.1. The highest BCUT2D eigenvalue weighted by atomic mass is 16.2. The van der Waals surface area contributed by atoms with Gasteiger partial charge in [0.1, 0.15) is 0 Å². The molecule has 0 saturated heterocycles. The molecule has 1 heterocycles. The average molecular weight is 231 g/mol. The molecular weight excluding hydrogens is 216 g/mol. The van der Waals surface area contributed by atoms with Crippen LogP contribution in [0, 0.1) is 0 Å². The predicted molar refractivity (Wildman–Crippen MR) is 67.8 cm³/mol. The summed E-state index contributed by atoms with van der Waals surface area (Å²) in [5, 5.41) is 4.07. The van der Waals surface area contributed by atoms with Crippen molar-refractivity contribution in [2.75, 3.05) is 19.5 Å². The maximum atomic E-state index is 11.9. The summed E-state index contributed by atoms with van der Waals surface area (Å²) in [6.07, 6.45) is 3.52. The van der Waals surface area contributed by atoms with E-state index in [0.717, 1.165) is 11.3 Å². The number of benzene rings is 1. The summed E-state index contributed by atoms with van der Waals surface area (Å²) in [5.41, 5.74) is 5.04. The average Bonchev–Trinajstić information content (AvgIpc) is 2.49. The van der Waals surface area contributed by atoms with Crippen LogP contribution in [0.25, 0.3) is 6.08 Å². The van der Waals surface area contributed by atoms with Crippen LogP contribution in [0.2, 0.25) is 0 Å². The van der Waals surface area contributed by atoms with Crippen LogP contribution in [0.1, 0.15) is 5.56 Å². The molecule has 0 saturated carbocycles. The summed E-state index contributed by atoms with van der Waals surface area (Å²) in [7, 11) is 3.22. The van der Waals surface area contributed by atoms with Crippen LogP contribution >= 0.6 is 0 Å². The molecule has 2 rings (SSSR count). The second-order valence-corrected chi connectivity index (χ2v) is 4.37. The smallest absolute Gasteiger partial charge is 0.277 e. The minimum atomic E-state index is -0.277. The van der Waals surface area contributed by atoms with Gasteiger partial charge in [0, 0.05) is 0 Å². The number of hydrogen-bond acceptors (Lipinski definition) is 4. The first kappa shape index (κ1) is 11.5. The lowest BCUT2D eigenvalue weighted by Gasteiger charge is -2.18. The number of carbonyl (C=O) groups excluding carboxylic acids is 1. The Morgan fingerprint density at radius 2 is 2.00 bits per heavy atom. The van der Waals surface area contributed by atoms with Gasteiger partial charge in [0.05, 0.1) is 19.8 Å². The van der Waals surface area contributed by atoms with Crippen molar-refractivity contribution in [2.24, 2.45) is 10.9 Å². The molecule has 1 aromatic rings. The summed E-state index contributed by atoms with van der Waals surface area (Å²) >= 11 is 0. The molecule has 3 N–H and O–H groups in total. The third-order valence-electron chi connectivity index (χ3n) is 2.42. The van der Waals surface area contributed by atoms with E-state index >= 15 is 0 Å². The van der Waals surface area contributed by atoms with Gasteiger partial charge in [-0.3, -0.25) is 5.43 Å². The monoisotopic (exact) mass is 231 g/mol. The summed E-state index contributed by atoms with van der Waals surface area (Å²) in [6, 6.07) is 7.69. The Labute approximate surface area is 99.8 Å². The van der Waals surface area contributed by atoms with Gasteiger partial charge in [-0.05, 0) is 17.7 Å². The molecule has 88 valence electrons. The van der Waals surface area contributed by atoms with Crippen molar-refractivity contribution in [3.05, 3.63) is 35.9 Å². The zero-order valence-electron chi connectivity index (χ0n) is 9.84. The topological polar surface area (TPSA) is 67.5 Å².